The number of alkyl halides is 2. The molecule has 0 saturated heterocycles. The van der Waals surface area contributed by atoms with E-state index in [0.717, 1.165) is 5.56 Å². The standard InChI is InChI=1S/C12H11ClF2N2O/c13-11-2-1-9(5-16-11)6-17(7-12(14)15)10-3-4-18-8-10/h1-5,8,12H,6-7H2. The molecule has 6 heteroatoms. The molecule has 0 N–H and O–H groups in total. The van der Waals surface area contributed by atoms with Gasteiger partial charge < -0.3 is 9.32 Å². The Labute approximate surface area is 108 Å². The van der Waals surface area contributed by atoms with Crippen molar-refractivity contribution in [2.45, 2.75) is 13.0 Å². The molecule has 0 saturated carbocycles. The van der Waals surface area contributed by atoms with E-state index in [2.05, 4.69) is 4.98 Å². The van der Waals surface area contributed by atoms with Crippen LogP contribution in [0.15, 0.2) is 41.3 Å². The van der Waals surface area contributed by atoms with Crippen LogP contribution in [-0.4, -0.2) is 18.0 Å². The number of furan rings is 1. The summed E-state index contributed by atoms with van der Waals surface area (Å²) in [5, 5.41) is 0.377. The summed E-state index contributed by atoms with van der Waals surface area (Å²) in [6, 6.07) is 5.03. The van der Waals surface area contributed by atoms with Gasteiger partial charge in [-0.05, 0) is 17.7 Å². The molecule has 0 bridgehead atoms. The van der Waals surface area contributed by atoms with Gasteiger partial charge in [-0.2, -0.15) is 0 Å². The minimum Gasteiger partial charge on any atom is -0.470 e. The maximum atomic E-state index is 12.5. The molecule has 0 aliphatic carbocycles. The summed E-state index contributed by atoms with van der Waals surface area (Å²) >= 11 is 5.67. The quantitative estimate of drug-likeness (QED) is 0.779. The molecule has 0 unspecified atom stereocenters. The SMILES string of the molecule is FC(F)CN(Cc1ccc(Cl)nc1)c1ccoc1. The lowest BCUT2D eigenvalue weighted by atomic mass is 10.2. The van der Waals surface area contributed by atoms with E-state index in [0.29, 0.717) is 17.4 Å². The zero-order valence-corrected chi connectivity index (χ0v) is 10.1. The fraction of sp³-hybridized carbons (Fsp3) is 0.250. The fourth-order valence-corrected chi connectivity index (χ4v) is 1.70. The van der Waals surface area contributed by atoms with Gasteiger partial charge in [0.1, 0.15) is 11.4 Å². The van der Waals surface area contributed by atoms with Crippen molar-refractivity contribution >= 4 is 17.3 Å². The number of anilines is 1. The predicted molar refractivity (Wildman–Crippen MR) is 65.0 cm³/mol. The molecule has 96 valence electrons. The van der Waals surface area contributed by atoms with E-state index >= 15 is 0 Å². The van der Waals surface area contributed by atoms with E-state index in [1.165, 1.54) is 17.4 Å². The molecule has 2 aromatic heterocycles. The molecule has 18 heavy (non-hydrogen) atoms. The molecule has 0 fully saturated rings. The maximum Gasteiger partial charge on any atom is 0.255 e. The first-order valence-electron chi connectivity index (χ1n) is 5.31. The summed E-state index contributed by atoms with van der Waals surface area (Å²) in [5.74, 6) is 0. The van der Waals surface area contributed by atoms with E-state index in [-0.39, 0.29) is 6.54 Å². The van der Waals surface area contributed by atoms with Crippen LogP contribution < -0.4 is 4.90 Å². The molecule has 0 spiro atoms. The van der Waals surface area contributed by atoms with Gasteiger partial charge in [0.25, 0.3) is 6.43 Å². The minimum absolute atomic E-state index is 0.327. The predicted octanol–water partition coefficient (Wildman–Crippen LogP) is 3.60. The summed E-state index contributed by atoms with van der Waals surface area (Å²) < 4.78 is 30.0. The second-order valence-corrected chi connectivity index (χ2v) is 4.13. The van der Waals surface area contributed by atoms with Crippen LogP contribution in [-0.2, 0) is 6.54 Å². The number of halogens is 3. The zero-order valence-electron chi connectivity index (χ0n) is 9.39. The van der Waals surface area contributed by atoms with Gasteiger partial charge >= 0.3 is 0 Å². The Morgan fingerprint density at radius 3 is 2.72 bits per heavy atom. The molecule has 2 rings (SSSR count). The largest absolute Gasteiger partial charge is 0.470 e. The summed E-state index contributed by atoms with van der Waals surface area (Å²) in [6.07, 6.45) is 2.04. The Morgan fingerprint density at radius 1 is 1.33 bits per heavy atom. The van der Waals surface area contributed by atoms with Gasteiger partial charge in [0.05, 0.1) is 18.5 Å². The Balaban J connectivity index is 2.12. The molecule has 0 atom stereocenters. The van der Waals surface area contributed by atoms with Gasteiger partial charge in [-0.15, -0.1) is 0 Å². The van der Waals surface area contributed by atoms with E-state index in [9.17, 15) is 8.78 Å². The first-order valence-corrected chi connectivity index (χ1v) is 5.68. The normalized spacial score (nSPS) is 10.9. The van der Waals surface area contributed by atoms with E-state index in [1.54, 1.807) is 24.4 Å². The highest BCUT2D eigenvalue weighted by molar-refractivity contribution is 6.29. The topological polar surface area (TPSA) is 29.3 Å². The highest BCUT2D eigenvalue weighted by Gasteiger charge is 2.14. The van der Waals surface area contributed by atoms with Crippen molar-refractivity contribution < 1.29 is 13.2 Å². The molecule has 0 amide bonds. The lowest BCUT2D eigenvalue weighted by molar-refractivity contribution is 0.154. The molecular weight excluding hydrogens is 262 g/mol. The summed E-state index contributed by atoms with van der Waals surface area (Å²) in [7, 11) is 0. The van der Waals surface area contributed by atoms with Crippen LogP contribution in [0.2, 0.25) is 5.15 Å². The minimum atomic E-state index is -2.42. The number of aromatic nitrogens is 1. The van der Waals surface area contributed by atoms with Crippen molar-refractivity contribution in [2.75, 3.05) is 11.4 Å². The fourth-order valence-electron chi connectivity index (χ4n) is 1.59. The van der Waals surface area contributed by atoms with E-state index < -0.39 is 6.43 Å². The van der Waals surface area contributed by atoms with Crippen molar-refractivity contribution in [3.8, 4) is 0 Å². The van der Waals surface area contributed by atoms with Crippen LogP contribution in [0.4, 0.5) is 14.5 Å². The molecular formula is C12H11ClF2N2O. The highest BCUT2D eigenvalue weighted by Crippen LogP contribution is 2.19. The van der Waals surface area contributed by atoms with Crippen LogP contribution in [0.5, 0.6) is 0 Å². The average Bonchev–Trinajstić information content (AvgIpc) is 2.84. The maximum absolute atomic E-state index is 12.5. The van der Waals surface area contributed by atoms with Gasteiger partial charge in [-0.25, -0.2) is 13.8 Å². The summed E-state index contributed by atoms with van der Waals surface area (Å²) in [5.41, 5.74) is 1.42. The first-order chi connectivity index (χ1) is 8.65. The van der Waals surface area contributed by atoms with Gasteiger partial charge in [0, 0.05) is 12.7 Å². The summed E-state index contributed by atoms with van der Waals surface area (Å²) in [6.45, 7) is -0.0315. The van der Waals surface area contributed by atoms with Gasteiger partial charge in [-0.1, -0.05) is 17.7 Å². The lowest BCUT2D eigenvalue weighted by Crippen LogP contribution is -2.27. The highest BCUT2D eigenvalue weighted by atomic mass is 35.5. The molecule has 2 heterocycles. The smallest absolute Gasteiger partial charge is 0.255 e. The van der Waals surface area contributed by atoms with E-state index in [4.69, 9.17) is 16.0 Å². The van der Waals surface area contributed by atoms with Crippen LogP contribution >= 0.6 is 11.6 Å². The average molecular weight is 273 g/mol. The van der Waals surface area contributed by atoms with Crippen molar-refractivity contribution in [3.63, 3.8) is 0 Å². The number of rotatable bonds is 5. The van der Waals surface area contributed by atoms with Crippen LogP contribution in [0, 0.1) is 0 Å². The van der Waals surface area contributed by atoms with Crippen molar-refractivity contribution in [1.29, 1.82) is 0 Å². The monoisotopic (exact) mass is 272 g/mol. The number of pyridine rings is 1. The molecule has 2 aromatic rings. The van der Waals surface area contributed by atoms with Crippen LogP contribution in [0.25, 0.3) is 0 Å². The van der Waals surface area contributed by atoms with Gasteiger partial charge in [0.15, 0.2) is 0 Å². The van der Waals surface area contributed by atoms with Gasteiger partial charge in [0.2, 0.25) is 0 Å². The Hall–Kier alpha value is -1.62. The molecule has 3 nitrogen and oxygen atoms in total. The van der Waals surface area contributed by atoms with Crippen LogP contribution in [0.1, 0.15) is 5.56 Å². The third-order valence-corrected chi connectivity index (χ3v) is 2.62. The molecule has 0 radical (unpaired) electrons. The Bertz CT molecular complexity index is 473. The third-order valence-electron chi connectivity index (χ3n) is 2.39. The number of hydrogen-bond acceptors (Lipinski definition) is 3. The van der Waals surface area contributed by atoms with Crippen molar-refractivity contribution in [1.82, 2.24) is 4.98 Å². The Kier molecular flexibility index (Phi) is 4.15. The Morgan fingerprint density at radius 2 is 2.17 bits per heavy atom. The first kappa shape index (κ1) is 12.8. The molecule has 0 aromatic carbocycles. The van der Waals surface area contributed by atoms with Crippen molar-refractivity contribution in [2.24, 2.45) is 0 Å². The van der Waals surface area contributed by atoms with Gasteiger partial charge in [-0.3, -0.25) is 0 Å². The third kappa shape index (κ3) is 3.43. The van der Waals surface area contributed by atoms with Crippen LogP contribution in [0.3, 0.4) is 0 Å². The van der Waals surface area contributed by atoms with E-state index in [1.807, 2.05) is 0 Å². The molecule has 0 aliphatic heterocycles. The lowest BCUT2D eigenvalue weighted by Gasteiger charge is -2.22. The second-order valence-electron chi connectivity index (χ2n) is 3.74. The van der Waals surface area contributed by atoms with Crippen molar-refractivity contribution in [3.05, 3.63) is 47.6 Å². The second kappa shape index (κ2) is 5.82. The zero-order chi connectivity index (χ0) is 13.0. The summed E-state index contributed by atoms with van der Waals surface area (Å²) in [4.78, 5) is 5.45. The molecule has 0 aliphatic rings. The number of hydrogen-bond donors (Lipinski definition) is 0. The number of nitrogens with zero attached hydrogens (tertiary/aromatic N) is 2.